The summed E-state index contributed by atoms with van der Waals surface area (Å²) < 4.78 is 46.4. The Kier molecular flexibility index (Phi) is 9.91. The SMILES string of the molecule is CCOP(=O)(Cc1ccc(CP(=O)(OCC)OCC)c(Cl)c1)OCC. The van der Waals surface area contributed by atoms with Gasteiger partial charge in [0, 0.05) is 5.02 Å². The van der Waals surface area contributed by atoms with Crippen molar-refractivity contribution in [3.8, 4) is 0 Å². The van der Waals surface area contributed by atoms with Crippen molar-refractivity contribution in [2.75, 3.05) is 26.4 Å². The molecule has 0 saturated carbocycles. The molecule has 1 aromatic rings. The minimum absolute atomic E-state index is 0.0857. The summed E-state index contributed by atoms with van der Waals surface area (Å²) in [7, 11) is -6.44. The third-order valence-corrected chi connectivity index (χ3v) is 7.60. The van der Waals surface area contributed by atoms with E-state index in [1.807, 2.05) is 0 Å². The Hall–Kier alpha value is -0.190. The van der Waals surface area contributed by atoms with Crippen molar-refractivity contribution < 1.29 is 27.2 Å². The highest BCUT2D eigenvalue weighted by Crippen LogP contribution is 2.53. The topological polar surface area (TPSA) is 71.1 Å². The van der Waals surface area contributed by atoms with Crippen molar-refractivity contribution in [1.29, 1.82) is 0 Å². The maximum absolute atomic E-state index is 12.6. The number of hydrogen-bond donors (Lipinski definition) is 0. The van der Waals surface area contributed by atoms with Gasteiger partial charge < -0.3 is 18.1 Å². The second kappa shape index (κ2) is 10.8. The molecule has 6 nitrogen and oxygen atoms in total. The number of benzene rings is 1. The first-order chi connectivity index (χ1) is 11.8. The van der Waals surface area contributed by atoms with Gasteiger partial charge in [-0.25, -0.2) is 0 Å². The molecule has 1 aromatic carbocycles. The molecule has 0 saturated heterocycles. The summed E-state index contributed by atoms with van der Waals surface area (Å²) in [4.78, 5) is 0. The fraction of sp³-hybridized carbons (Fsp3) is 0.625. The molecule has 0 aromatic heterocycles. The average molecular weight is 413 g/mol. The van der Waals surface area contributed by atoms with Crippen LogP contribution in [0.25, 0.3) is 0 Å². The Morgan fingerprint density at radius 3 is 1.64 bits per heavy atom. The lowest BCUT2D eigenvalue weighted by Crippen LogP contribution is -2.01. The Morgan fingerprint density at radius 1 is 0.800 bits per heavy atom. The van der Waals surface area contributed by atoms with Crippen molar-refractivity contribution in [3.63, 3.8) is 0 Å². The van der Waals surface area contributed by atoms with E-state index in [0.717, 1.165) is 5.56 Å². The smallest absolute Gasteiger partial charge is 0.309 e. The third kappa shape index (κ3) is 7.52. The summed E-state index contributed by atoms with van der Waals surface area (Å²) in [5, 5.41) is 0.414. The molecule has 0 amide bonds. The first-order valence-corrected chi connectivity index (χ1v) is 12.2. The highest BCUT2D eigenvalue weighted by Gasteiger charge is 2.27. The van der Waals surface area contributed by atoms with E-state index in [2.05, 4.69) is 0 Å². The quantitative estimate of drug-likeness (QED) is 0.400. The van der Waals surface area contributed by atoms with Gasteiger partial charge in [-0.15, -0.1) is 0 Å². The lowest BCUT2D eigenvalue weighted by Gasteiger charge is -2.19. The third-order valence-electron chi connectivity index (χ3n) is 3.16. The van der Waals surface area contributed by atoms with E-state index >= 15 is 0 Å². The van der Waals surface area contributed by atoms with Gasteiger partial charge in [0.05, 0.1) is 38.8 Å². The Bertz CT molecular complexity index is 617. The summed E-state index contributed by atoms with van der Waals surface area (Å²) in [6.45, 7) is 8.23. The minimum Gasteiger partial charge on any atom is -0.309 e. The summed E-state index contributed by atoms with van der Waals surface area (Å²) in [6.07, 6.45) is 0.214. The fourth-order valence-electron chi connectivity index (χ4n) is 2.29. The fourth-order valence-corrected chi connectivity index (χ4v) is 6.08. The molecule has 0 bridgehead atoms. The molecule has 0 N–H and O–H groups in total. The summed E-state index contributed by atoms with van der Waals surface area (Å²) in [5.74, 6) is 0. The van der Waals surface area contributed by atoms with Crippen molar-refractivity contribution >= 4 is 26.8 Å². The van der Waals surface area contributed by atoms with Gasteiger partial charge in [0.1, 0.15) is 0 Å². The van der Waals surface area contributed by atoms with Crippen LogP contribution in [-0.4, -0.2) is 26.4 Å². The van der Waals surface area contributed by atoms with Gasteiger partial charge in [-0.1, -0.05) is 23.7 Å². The molecular formula is C16H27ClO6P2. The van der Waals surface area contributed by atoms with Crippen LogP contribution in [0.4, 0.5) is 0 Å². The lowest BCUT2D eigenvalue weighted by atomic mass is 10.2. The maximum atomic E-state index is 12.6. The van der Waals surface area contributed by atoms with Gasteiger partial charge in [-0.3, -0.25) is 9.13 Å². The van der Waals surface area contributed by atoms with Crippen molar-refractivity contribution in [1.82, 2.24) is 0 Å². The molecular weight excluding hydrogens is 386 g/mol. The van der Waals surface area contributed by atoms with E-state index in [1.54, 1.807) is 45.9 Å². The molecule has 0 aliphatic heterocycles. The molecule has 0 radical (unpaired) electrons. The second-order valence-electron chi connectivity index (χ2n) is 5.13. The van der Waals surface area contributed by atoms with Gasteiger partial charge >= 0.3 is 15.2 Å². The van der Waals surface area contributed by atoms with Crippen molar-refractivity contribution in [2.24, 2.45) is 0 Å². The standard InChI is InChI=1S/C16H27ClO6P2/c1-5-20-24(18,21-6-2)12-14-9-10-15(16(17)11-14)13-25(19,22-7-3)23-8-4/h9-11H,5-8,12-13H2,1-4H3. The zero-order chi connectivity index (χ0) is 18.9. The zero-order valence-electron chi connectivity index (χ0n) is 15.2. The van der Waals surface area contributed by atoms with Crippen molar-refractivity contribution in [2.45, 2.75) is 40.0 Å². The maximum Gasteiger partial charge on any atom is 0.335 e. The minimum atomic E-state index is -3.23. The van der Waals surface area contributed by atoms with Gasteiger partial charge in [0.15, 0.2) is 0 Å². The lowest BCUT2D eigenvalue weighted by molar-refractivity contribution is 0.218. The molecule has 0 heterocycles. The van der Waals surface area contributed by atoms with Crippen LogP contribution < -0.4 is 0 Å². The predicted molar refractivity (Wildman–Crippen MR) is 101 cm³/mol. The average Bonchev–Trinajstić information content (AvgIpc) is 2.51. The number of hydrogen-bond acceptors (Lipinski definition) is 6. The van der Waals surface area contributed by atoms with Gasteiger partial charge in [-0.05, 0) is 44.9 Å². The Morgan fingerprint density at radius 2 is 1.24 bits per heavy atom. The van der Waals surface area contributed by atoms with Crippen LogP contribution in [-0.2, 0) is 39.5 Å². The van der Waals surface area contributed by atoms with E-state index in [-0.39, 0.29) is 12.3 Å². The van der Waals surface area contributed by atoms with Crippen LogP contribution in [0.15, 0.2) is 18.2 Å². The van der Waals surface area contributed by atoms with Crippen LogP contribution in [0.2, 0.25) is 5.02 Å². The molecule has 0 atom stereocenters. The molecule has 1 rings (SSSR count). The molecule has 0 unspecified atom stereocenters. The normalized spacial score (nSPS) is 12.5. The van der Waals surface area contributed by atoms with Crippen LogP contribution in [0.3, 0.4) is 0 Å². The first-order valence-electron chi connectivity index (χ1n) is 8.35. The summed E-state index contributed by atoms with van der Waals surface area (Å²) >= 11 is 6.32. The van der Waals surface area contributed by atoms with Gasteiger partial charge in [-0.2, -0.15) is 0 Å². The van der Waals surface area contributed by atoms with Crippen LogP contribution in [0.1, 0.15) is 38.8 Å². The van der Waals surface area contributed by atoms with E-state index in [1.165, 1.54) is 0 Å². The molecule has 0 aliphatic rings. The largest absolute Gasteiger partial charge is 0.335 e. The summed E-state index contributed by atoms with van der Waals surface area (Å²) in [6, 6.07) is 5.20. The molecule has 25 heavy (non-hydrogen) atoms. The number of halogens is 1. The first kappa shape index (κ1) is 22.9. The van der Waals surface area contributed by atoms with E-state index in [9.17, 15) is 9.13 Å². The predicted octanol–water partition coefficient (Wildman–Crippen LogP) is 5.87. The highest BCUT2D eigenvalue weighted by molar-refractivity contribution is 7.53. The van der Waals surface area contributed by atoms with Crippen LogP contribution in [0.5, 0.6) is 0 Å². The molecule has 0 fully saturated rings. The zero-order valence-corrected chi connectivity index (χ0v) is 17.7. The van der Waals surface area contributed by atoms with E-state index in [0.29, 0.717) is 37.0 Å². The van der Waals surface area contributed by atoms with E-state index < -0.39 is 15.2 Å². The number of rotatable bonds is 12. The summed E-state index contributed by atoms with van der Waals surface area (Å²) in [5.41, 5.74) is 1.37. The molecule has 144 valence electrons. The Labute approximate surface area is 155 Å². The van der Waals surface area contributed by atoms with Crippen molar-refractivity contribution in [3.05, 3.63) is 34.3 Å². The molecule has 0 spiro atoms. The van der Waals surface area contributed by atoms with Crippen LogP contribution in [0, 0.1) is 0 Å². The van der Waals surface area contributed by atoms with Gasteiger partial charge in [0.25, 0.3) is 0 Å². The highest BCUT2D eigenvalue weighted by atomic mass is 35.5. The monoisotopic (exact) mass is 412 g/mol. The van der Waals surface area contributed by atoms with E-state index in [4.69, 9.17) is 29.7 Å². The van der Waals surface area contributed by atoms with Gasteiger partial charge in [0.2, 0.25) is 0 Å². The Balaban J connectivity index is 2.96. The molecule has 0 aliphatic carbocycles. The molecule has 9 heteroatoms. The van der Waals surface area contributed by atoms with Crippen LogP contribution >= 0.6 is 26.8 Å². The second-order valence-corrected chi connectivity index (χ2v) is 9.65.